The summed E-state index contributed by atoms with van der Waals surface area (Å²) in [6.07, 6.45) is 5.35. The SMILES string of the molecule is CCOC(=O)N1CC2(CC[C@H](N3CCN(c4ncccc4OC)CC3)C2)C1. The second-order valence-electron chi connectivity index (χ2n) is 8.00. The Balaban J connectivity index is 1.28. The van der Waals surface area contributed by atoms with Crippen LogP contribution in [0.2, 0.25) is 0 Å². The van der Waals surface area contributed by atoms with Crippen LogP contribution in [0.1, 0.15) is 26.2 Å². The molecule has 1 aromatic rings. The number of anilines is 1. The van der Waals surface area contributed by atoms with E-state index in [4.69, 9.17) is 9.47 Å². The Morgan fingerprint density at radius 2 is 2.07 bits per heavy atom. The molecule has 7 nitrogen and oxygen atoms in total. The van der Waals surface area contributed by atoms with Crippen molar-refractivity contribution in [2.75, 3.05) is 57.9 Å². The van der Waals surface area contributed by atoms with E-state index in [2.05, 4.69) is 14.8 Å². The first kappa shape index (κ1) is 18.3. The van der Waals surface area contributed by atoms with Crippen LogP contribution in [-0.4, -0.2) is 79.9 Å². The third-order valence-corrected chi connectivity index (χ3v) is 6.36. The highest BCUT2D eigenvalue weighted by Crippen LogP contribution is 2.47. The number of piperazine rings is 1. The predicted octanol–water partition coefficient (Wildman–Crippen LogP) is 2.22. The molecular weight excluding hydrogens is 344 g/mol. The molecular formula is C20H30N4O3. The number of pyridine rings is 1. The second-order valence-corrected chi connectivity index (χ2v) is 8.00. The van der Waals surface area contributed by atoms with Gasteiger partial charge in [-0.25, -0.2) is 9.78 Å². The molecule has 1 amide bonds. The number of hydrogen-bond acceptors (Lipinski definition) is 6. The van der Waals surface area contributed by atoms with Crippen molar-refractivity contribution in [1.29, 1.82) is 0 Å². The number of methoxy groups -OCH3 is 1. The van der Waals surface area contributed by atoms with Gasteiger partial charge in [-0.3, -0.25) is 4.90 Å². The van der Waals surface area contributed by atoms with E-state index >= 15 is 0 Å². The molecule has 1 aliphatic carbocycles. The molecule has 0 unspecified atom stereocenters. The third-order valence-electron chi connectivity index (χ3n) is 6.36. The molecule has 0 aromatic carbocycles. The van der Waals surface area contributed by atoms with Gasteiger partial charge in [-0.2, -0.15) is 0 Å². The lowest BCUT2D eigenvalue weighted by atomic mass is 9.78. The Morgan fingerprint density at radius 3 is 2.78 bits per heavy atom. The van der Waals surface area contributed by atoms with Gasteiger partial charge in [0.1, 0.15) is 0 Å². The van der Waals surface area contributed by atoms with Gasteiger partial charge in [0.15, 0.2) is 11.6 Å². The maximum absolute atomic E-state index is 11.8. The maximum atomic E-state index is 11.8. The average Bonchev–Trinajstić information content (AvgIpc) is 3.13. The Bertz CT molecular complexity index is 669. The molecule has 3 fully saturated rings. The standard InChI is InChI=1S/C20H30N4O3/c1-3-27-19(25)24-14-20(15-24)7-6-16(13-20)22-9-11-23(12-10-22)18-17(26-2)5-4-8-21-18/h4-5,8,16H,3,6-7,9-15H2,1-2H3/t16-/m0/s1. The fraction of sp³-hybridized carbons (Fsp3) is 0.700. The summed E-state index contributed by atoms with van der Waals surface area (Å²) < 4.78 is 10.6. The first-order chi connectivity index (χ1) is 13.1. The summed E-state index contributed by atoms with van der Waals surface area (Å²) in [6.45, 7) is 8.12. The first-order valence-corrected chi connectivity index (χ1v) is 10.0. The Hall–Kier alpha value is -2.02. The molecule has 4 rings (SSSR count). The lowest BCUT2D eigenvalue weighted by molar-refractivity contribution is -0.00294. The van der Waals surface area contributed by atoms with Crippen molar-refractivity contribution < 1.29 is 14.3 Å². The number of likely N-dealkylation sites (tertiary alicyclic amines) is 1. The van der Waals surface area contributed by atoms with E-state index in [0.29, 0.717) is 18.1 Å². The second kappa shape index (κ2) is 7.54. The summed E-state index contributed by atoms with van der Waals surface area (Å²) >= 11 is 0. The van der Waals surface area contributed by atoms with E-state index in [0.717, 1.165) is 50.8 Å². The van der Waals surface area contributed by atoms with Gasteiger partial charge in [-0.05, 0) is 38.3 Å². The Kier molecular flexibility index (Phi) is 5.12. The first-order valence-electron chi connectivity index (χ1n) is 10.0. The summed E-state index contributed by atoms with van der Waals surface area (Å²) in [5, 5.41) is 0. The molecule has 3 aliphatic rings. The number of nitrogens with zero attached hydrogens (tertiary/aromatic N) is 4. The summed E-state index contributed by atoms with van der Waals surface area (Å²) in [7, 11) is 1.70. The molecule has 1 atom stereocenters. The molecule has 0 bridgehead atoms. The molecule has 27 heavy (non-hydrogen) atoms. The zero-order valence-corrected chi connectivity index (χ0v) is 16.4. The minimum atomic E-state index is -0.149. The van der Waals surface area contributed by atoms with Crippen molar-refractivity contribution in [2.24, 2.45) is 5.41 Å². The summed E-state index contributed by atoms with van der Waals surface area (Å²) in [4.78, 5) is 23.2. The normalized spacial score (nSPS) is 24.7. The third kappa shape index (κ3) is 3.57. The van der Waals surface area contributed by atoms with Crippen LogP contribution in [0.3, 0.4) is 0 Å². The molecule has 1 aromatic heterocycles. The smallest absolute Gasteiger partial charge is 0.409 e. The topological polar surface area (TPSA) is 58.1 Å². The highest BCUT2D eigenvalue weighted by molar-refractivity contribution is 5.69. The fourth-order valence-corrected chi connectivity index (χ4v) is 4.96. The molecule has 7 heteroatoms. The molecule has 0 radical (unpaired) electrons. The van der Waals surface area contributed by atoms with Crippen LogP contribution in [0.15, 0.2) is 18.3 Å². The van der Waals surface area contributed by atoms with Crippen molar-refractivity contribution in [3.63, 3.8) is 0 Å². The molecule has 148 valence electrons. The van der Waals surface area contributed by atoms with Gasteiger partial charge in [0.05, 0.1) is 13.7 Å². The van der Waals surface area contributed by atoms with E-state index in [1.807, 2.05) is 30.2 Å². The van der Waals surface area contributed by atoms with Gasteiger partial charge >= 0.3 is 6.09 Å². The van der Waals surface area contributed by atoms with Crippen LogP contribution >= 0.6 is 0 Å². The summed E-state index contributed by atoms with van der Waals surface area (Å²) in [6, 6.07) is 4.53. The minimum Gasteiger partial charge on any atom is -0.493 e. The Morgan fingerprint density at radius 1 is 1.30 bits per heavy atom. The number of ether oxygens (including phenoxy) is 2. The number of amides is 1. The van der Waals surface area contributed by atoms with Crippen LogP contribution < -0.4 is 9.64 Å². The Labute approximate surface area is 161 Å². The van der Waals surface area contributed by atoms with Crippen molar-refractivity contribution in [1.82, 2.24) is 14.8 Å². The largest absolute Gasteiger partial charge is 0.493 e. The number of hydrogen-bond donors (Lipinski definition) is 0. The predicted molar refractivity (Wildman–Crippen MR) is 103 cm³/mol. The van der Waals surface area contributed by atoms with Crippen molar-refractivity contribution in [2.45, 2.75) is 32.2 Å². The van der Waals surface area contributed by atoms with Gasteiger partial charge < -0.3 is 19.3 Å². The maximum Gasteiger partial charge on any atom is 0.409 e. The number of carbonyl (C=O) groups is 1. The van der Waals surface area contributed by atoms with Crippen molar-refractivity contribution in [3.05, 3.63) is 18.3 Å². The highest BCUT2D eigenvalue weighted by Gasteiger charge is 2.51. The molecule has 2 saturated heterocycles. The highest BCUT2D eigenvalue weighted by atomic mass is 16.6. The quantitative estimate of drug-likeness (QED) is 0.806. The zero-order valence-electron chi connectivity index (χ0n) is 16.4. The monoisotopic (exact) mass is 374 g/mol. The average molecular weight is 374 g/mol. The molecule has 1 spiro atoms. The van der Waals surface area contributed by atoms with Gasteiger partial charge in [0.25, 0.3) is 0 Å². The van der Waals surface area contributed by atoms with Crippen molar-refractivity contribution in [3.8, 4) is 5.75 Å². The van der Waals surface area contributed by atoms with E-state index < -0.39 is 0 Å². The minimum absolute atomic E-state index is 0.149. The van der Waals surface area contributed by atoms with Gasteiger partial charge in [0.2, 0.25) is 0 Å². The number of carbonyl (C=O) groups excluding carboxylic acids is 1. The molecule has 1 saturated carbocycles. The molecule has 3 heterocycles. The molecule has 2 aliphatic heterocycles. The van der Waals surface area contributed by atoms with Crippen LogP contribution in [0.4, 0.5) is 10.6 Å². The van der Waals surface area contributed by atoms with Gasteiger partial charge in [0, 0.05) is 56.9 Å². The summed E-state index contributed by atoms with van der Waals surface area (Å²) in [5.41, 5.74) is 0.332. The van der Waals surface area contributed by atoms with Gasteiger partial charge in [-0.15, -0.1) is 0 Å². The van der Waals surface area contributed by atoms with Crippen LogP contribution in [0, 0.1) is 5.41 Å². The van der Waals surface area contributed by atoms with E-state index in [9.17, 15) is 4.79 Å². The van der Waals surface area contributed by atoms with E-state index in [1.165, 1.54) is 19.3 Å². The van der Waals surface area contributed by atoms with Crippen LogP contribution in [0.5, 0.6) is 5.75 Å². The van der Waals surface area contributed by atoms with Gasteiger partial charge in [-0.1, -0.05) is 0 Å². The number of rotatable bonds is 4. The fourth-order valence-electron chi connectivity index (χ4n) is 4.96. The van der Waals surface area contributed by atoms with E-state index in [1.54, 1.807) is 7.11 Å². The zero-order chi connectivity index (χ0) is 18.9. The lowest BCUT2D eigenvalue weighted by Gasteiger charge is -2.48. The van der Waals surface area contributed by atoms with Crippen LogP contribution in [0.25, 0.3) is 0 Å². The van der Waals surface area contributed by atoms with Crippen molar-refractivity contribution >= 4 is 11.9 Å². The van der Waals surface area contributed by atoms with Crippen LogP contribution in [-0.2, 0) is 4.74 Å². The lowest BCUT2D eigenvalue weighted by Crippen LogP contribution is -2.58. The number of aromatic nitrogens is 1. The molecule has 0 N–H and O–H groups in total. The van der Waals surface area contributed by atoms with E-state index in [-0.39, 0.29) is 6.09 Å². The summed E-state index contributed by atoms with van der Waals surface area (Å²) in [5.74, 6) is 1.80.